The number of aliphatic hydroxyl groups excluding tert-OH is 1. The molecule has 1 aliphatic heterocycles. The first-order valence-electron chi connectivity index (χ1n) is 10.4. The number of halogens is 1. The molecule has 1 aliphatic carbocycles. The van der Waals surface area contributed by atoms with E-state index in [1.165, 1.54) is 0 Å². The Bertz CT molecular complexity index is 747. The lowest BCUT2D eigenvalue weighted by molar-refractivity contribution is 0.00703. The van der Waals surface area contributed by atoms with Gasteiger partial charge in [-0.2, -0.15) is 0 Å². The van der Waals surface area contributed by atoms with Crippen LogP contribution in [-0.4, -0.2) is 70.9 Å². The van der Waals surface area contributed by atoms with Crippen molar-refractivity contribution < 1.29 is 5.11 Å². The third-order valence-corrected chi connectivity index (χ3v) is 6.08. The number of aliphatic imine (C=N–C) groups is 1. The molecule has 2 fully saturated rings. The maximum absolute atomic E-state index is 12.3. The number of anilines is 1. The Kier molecular flexibility index (Phi) is 8.74. The van der Waals surface area contributed by atoms with E-state index in [0.29, 0.717) is 12.4 Å². The number of guanidine groups is 1. The Hall–Kier alpha value is -1.36. The van der Waals surface area contributed by atoms with Crippen LogP contribution < -0.4 is 15.8 Å². The topological polar surface area (TPSA) is 86.0 Å². The Balaban J connectivity index is 0.00000300. The molecule has 1 saturated carbocycles. The molecule has 2 atom stereocenters. The van der Waals surface area contributed by atoms with Crippen molar-refractivity contribution in [2.24, 2.45) is 17.5 Å². The zero-order valence-electron chi connectivity index (χ0n) is 17.8. The van der Waals surface area contributed by atoms with Crippen LogP contribution in [0.25, 0.3) is 0 Å². The van der Waals surface area contributed by atoms with Gasteiger partial charge in [0, 0.05) is 57.6 Å². The van der Waals surface area contributed by atoms with Crippen molar-refractivity contribution >= 4 is 35.8 Å². The third-order valence-electron chi connectivity index (χ3n) is 6.08. The van der Waals surface area contributed by atoms with Crippen LogP contribution in [0.2, 0.25) is 0 Å². The molecule has 29 heavy (non-hydrogen) atoms. The number of aliphatic hydroxyl groups is 1. The van der Waals surface area contributed by atoms with Crippen LogP contribution in [0.15, 0.2) is 22.2 Å². The van der Waals surface area contributed by atoms with Crippen molar-refractivity contribution in [2.45, 2.75) is 45.6 Å². The first kappa shape index (κ1) is 23.9. The highest BCUT2D eigenvalue weighted by Gasteiger charge is 2.35. The van der Waals surface area contributed by atoms with Crippen LogP contribution in [0.3, 0.4) is 0 Å². The van der Waals surface area contributed by atoms with E-state index in [-0.39, 0.29) is 41.1 Å². The number of aromatic nitrogens is 2. The normalized spacial score (nSPS) is 25.5. The van der Waals surface area contributed by atoms with Gasteiger partial charge in [-0.25, -0.2) is 4.98 Å². The SMILES string of the molecule is CCNC(=NCC1(C)CCCCC1O)N1CCN(c2nccn(C)c2=O)CC1.I. The van der Waals surface area contributed by atoms with Gasteiger partial charge >= 0.3 is 0 Å². The molecule has 164 valence electrons. The molecule has 2 aliphatic rings. The van der Waals surface area contributed by atoms with E-state index < -0.39 is 0 Å². The van der Waals surface area contributed by atoms with E-state index in [2.05, 4.69) is 33.9 Å². The lowest BCUT2D eigenvalue weighted by atomic mass is 9.73. The molecule has 9 heteroatoms. The van der Waals surface area contributed by atoms with Crippen molar-refractivity contribution in [1.29, 1.82) is 0 Å². The molecule has 1 aromatic heterocycles. The maximum Gasteiger partial charge on any atom is 0.293 e. The minimum Gasteiger partial charge on any atom is -0.392 e. The Morgan fingerprint density at radius 2 is 2.07 bits per heavy atom. The molecule has 0 aromatic carbocycles. The fourth-order valence-electron chi connectivity index (χ4n) is 4.08. The van der Waals surface area contributed by atoms with Gasteiger partial charge < -0.3 is 24.8 Å². The molecule has 0 radical (unpaired) electrons. The zero-order chi connectivity index (χ0) is 20.1. The number of piperazine rings is 1. The van der Waals surface area contributed by atoms with Crippen molar-refractivity contribution in [3.63, 3.8) is 0 Å². The van der Waals surface area contributed by atoms with Crippen LogP contribution in [0.5, 0.6) is 0 Å². The van der Waals surface area contributed by atoms with Crippen molar-refractivity contribution in [1.82, 2.24) is 19.8 Å². The van der Waals surface area contributed by atoms with Crippen LogP contribution in [0, 0.1) is 5.41 Å². The van der Waals surface area contributed by atoms with E-state index in [1.54, 1.807) is 24.0 Å². The standard InChI is InChI=1S/C20H34N6O2.HI/c1-4-21-19(23-15-20(2)8-6-5-7-16(20)27)26-13-11-25(12-14-26)17-18(28)24(3)10-9-22-17;/h9-10,16,27H,4-8,11-15H2,1-3H3,(H,21,23);1H. The first-order chi connectivity index (χ1) is 13.4. The molecular formula is C20H35IN6O2. The van der Waals surface area contributed by atoms with Gasteiger partial charge in [-0.15, -0.1) is 24.0 Å². The lowest BCUT2D eigenvalue weighted by Gasteiger charge is -2.39. The zero-order valence-corrected chi connectivity index (χ0v) is 20.1. The van der Waals surface area contributed by atoms with Crippen molar-refractivity contribution in [3.8, 4) is 0 Å². The summed E-state index contributed by atoms with van der Waals surface area (Å²) in [6, 6.07) is 0. The molecule has 2 heterocycles. The van der Waals surface area contributed by atoms with Gasteiger partial charge in [-0.1, -0.05) is 19.8 Å². The van der Waals surface area contributed by atoms with Crippen molar-refractivity contribution in [3.05, 3.63) is 22.7 Å². The van der Waals surface area contributed by atoms with Gasteiger partial charge in [0.2, 0.25) is 0 Å². The van der Waals surface area contributed by atoms with E-state index >= 15 is 0 Å². The highest BCUT2D eigenvalue weighted by molar-refractivity contribution is 14.0. The van der Waals surface area contributed by atoms with Gasteiger partial charge in [0.25, 0.3) is 5.56 Å². The summed E-state index contributed by atoms with van der Waals surface area (Å²) in [5.74, 6) is 1.42. The van der Waals surface area contributed by atoms with Gasteiger partial charge in [0.1, 0.15) is 0 Å². The van der Waals surface area contributed by atoms with Crippen LogP contribution in [0.4, 0.5) is 5.82 Å². The molecule has 0 bridgehead atoms. The predicted octanol–water partition coefficient (Wildman–Crippen LogP) is 1.43. The van der Waals surface area contributed by atoms with E-state index in [9.17, 15) is 9.90 Å². The fraction of sp³-hybridized carbons (Fsp3) is 0.750. The second kappa shape index (κ2) is 10.6. The highest BCUT2D eigenvalue weighted by Crippen LogP contribution is 2.36. The number of nitrogens with zero attached hydrogens (tertiary/aromatic N) is 5. The molecule has 3 rings (SSSR count). The summed E-state index contributed by atoms with van der Waals surface area (Å²) >= 11 is 0. The number of hydrogen-bond donors (Lipinski definition) is 2. The lowest BCUT2D eigenvalue weighted by Crippen LogP contribution is -2.54. The van der Waals surface area contributed by atoms with E-state index in [0.717, 1.165) is 64.4 Å². The summed E-state index contributed by atoms with van der Waals surface area (Å²) in [4.78, 5) is 25.8. The van der Waals surface area contributed by atoms with E-state index in [1.807, 2.05) is 0 Å². The summed E-state index contributed by atoms with van der Waals surface area (Å²) in [6.45, 7) is 8.69. The van der Waals surface area contributed by atoms with Crippen LogP contribution in [0.1, 0.15) is 39.5 Å². The summed E-state index contributed by atoms with van der Waals surface area (Å²) in [5.41, 5.74) is -0.197. The Morgan fingerprint density at radius 1 is 1.34 bits per heavy atom. The fourth-order valence-corrected chi connectivity index (χ4v) is 4.08. The second-order valence-electron chi connectivity index (χ2n) is 8.23. The monoisotopic (exact) mass is 518 g/mol. The van der Waals surface area contributed by atoms with Gasteiger partial charge in [0.15, 0.2) is 11.8 Å². The van der Waals surface area contributed by atoms with Crippen LogP contribution in [-0.2, 0) is 7.05 Å². The Morgan fingerprint density at radius 3 is 2.72 bits per heavy atom. The number of nitrogens with one attached hydrogen (secondary N) is 1. The maximum atomic E-state index is 12.3. The van der Waals surface area contributed by atoms with Crippen LogP contribution >= 0.6 is 24.0 Å². The molecule has 8 nitrogen and oxygen atoms in total. The summed E-state index contributed by atoms with van der Waals surface area (Å²) in [7, 11) is 1.75. The van der Waals surface area contributed by atoms with Gasteiger partial charge in [0.05, 0.1) is 12.6 Å². The summed E-state index contributed by atoms with van der Waals surface area (Å²) < 4.78 is 1.57. The number of aryl methyl sites for hydroxylation is 1. The molecule has 1 saturated heterocycles. The summed E-state index contributed by atoms with van der Waals surface area (Å²) in [6.07, 6.45) is 7.24. The second-order valence-corrected chi connectivity index (χ2v) is 8.23. The molecule has 0 amide bonds. The summed E-state index contributed by atoms with van der Waals surface area (Å²) in [5, 5.41) is 13.8. The average Bonchev–Trinajstić information content (AvgIpc) is 2.70. The Labute approximate surface area is 190 Å². The third kappa shape index (κ3) is 5.62. The number of rotatable bonds is 4. The minimum absolute atomic E-state index is 0. The molecular weight excluding hydrogens is 483 g/mol. The largest absolute Gasteiger partial charge is 0.392 e. The predicted molar refractivity (Wildman–Crippen MR) is 127 cm³/mol. The molecule has 0 spiro atoms. The molecule has 1 aromatic rings. The quantitative estimate of drug-likeness (QED) is 0.357. The number of hydrogen-bond acceptors (Lipinski definition) is 5. The smallest absolute Gasteiger partial charge is 0.293 e. The molecule has 2 N–H and O–H groups in total. The first-order valence-corrected chi connectivity index (χ1v) is 10.4. The van der Waals surface area contributed by atoms with Crippen molar-refractivity contribution in [2.75, 3.05) is 44.2 Å². The van der Waals surface area contributed by atoms with Gasteiger partial charge in [-0.3, -0.25) is 9.79 Å². The van der Waals surface area contributed by atoms with E-state index in [4.69, 9.17) is 4.99 Å². The highest BCUT2D eigenvalue weighted by atomic mass is 127. The minimum atomic E-state index is -0.273. The van der Waals surface area contributed by atoms with Gasteiger partial charge in [-0.05, 0) is 19.8 Å². The average molecular weight is 518 g/mol. The molecule has 2 unspecified atom stereocenters.